The first-order chi connectivity index (χ1) is 8.18. The summed E-state index contributed by atoms with van der Waals surface area (Å²) in [4.78, 5) is 0. The molecule has 0 saturated carbocycles. The van der Waals surface area contributed by atoms with Gasteiger partial charge in [0.05, 0.1) is 0 Å². The minimum Gasteiger partial charge on any atom is -0.314 e. The van der Waals surface area contributed by atoms with E-state index in [1.54, 1.807) is 6.08 Å². The highest BCUT2D eigenvalue weighted by molar-refractivity contribution is 7.92. The largest absolute Gasteiger partial charge is 0.314 e. The number of rotatable bonds is 3. The second kappa shape index (κ2) is 5.44. The minimum absolute atomic E-state index is 0.543. The van der Waals surface area contributed by atoms with Gasteiger partial charge in [-0.3, -0.25) is 0 Å². The topological polar surface area (TPSA) is 49.4 Å². The molecular formula is C12H16N2O2S. The summed E-state index contributed by atoms with van der Waals surface area (Å²) in [6.45, 7) is 2.53. The average molecular weight is 252 g/mol. The second-order valence-corrected chi connectivity index (χ2v) is 5.73. The maximum atomic E-state index is 12.0. The van der Waals surface area contributed by atoms with E-state index in [4.69, 9.17) is 0 Å². The smallest absolute Gasteiger partial charge is 0.236 e. The van der Waals surface area contributed by atoms with E-state index in [0.29, 0.717) is 13.1 Å². The number of benzene rings is 1. The molecule has 1 saturated heterocycles. The van der Waals surface area contributed by atoms with Crippen LogP contribution in [0.3, 0.4) is 0 Å². The fourth-order valence-corrected chi connectivity index (χ4v) is 2.91. The first kappa shape index (κ1) is 12.3. The normalized spacial score (nSPS) is 18.6. The van der Waals surface area contributed by atoms with Crippen LogP contribution in [-0.4, -0.2) is 38.9 Å². The Morgan fingerprint density at radius 1 is 1.12 bits per heavy atom. The molecule has 92 valence electrons. The summed E-state index contributed by atoms with van der Waals surface area (Å²) in [5.74, 6) is 0. The van der Waals surface area contributed by atoms with Crippen LogP contribution in [0.1, 0.15) is 5.56 Å². The van der Waals surface area contributed by atoms with Crippen LogP contribution in [0.4, 0.5) is 0 Å². The third-order valence-corrected chi connectivity index (χ3v) is 4.23. The zero-order valence-corrected chi connectivity index (χ0v) is 10.4. The van der Waals surface area contributed by atoms with E-state index in [1.165, 1.54) is 9.71 Å². The predicted octanol–water partition coefficient (Wildman–Crippen LogP) is 0.892. The zero-order valence-electron chi connectivity index (χ0n) is 9.54. The summed E-state index contributed by atoms with van der Waals surface area (Å²) >= 11 is 0. The van der Waals surface area contributed by atoms with E-state index in [2.05, 4.69) is 5.32 Å². The van der Waals surface area contributed by atoms with Gasteiger partial charge in [-0.15, -0.1) is 0 Å². The number of sulfonamides is 1. The lowest BCUT2D eigenvalue weighted by atomic mass is 10.2. The summed E-state index contributed by atoms with van der Waals surface area (Å²) in [5, 5.41) is 4.42. The number of hydrogen-bond acceptors (Lipinski definition) is 3. The van der Waals surface area contributed by atoms with Crippen LogP contribution in [-0.2, 0) is 10.0 Å². The van der Waals surface area contributed by atoms with Gasteiger partial charge in [-0.05, 0) is 11.6 Å². The molecule has 0 radical (unpaired) electrons. The van der Waals surface area contributed by atoms with Gasteiger partial charge in [0.15, 0.2) is 0 Å². The first-order valence-corrected chi connectivity index (χ1v) is 7.13. The van der Waals surface area contributed by atoms with Crippen molar-refractivity contribution in [3.63, 3.8) is 0 Å². The lowest BCUT2D eigenvalue weighted by Gasteiger charge is -2.25. The maximum Gasteiger partial charge on any atom is 0.236 e. The van der Waals surface area contributed by atoms with Gasteiger partial charge in [0.25, 0.3) is 0 Å². The summed E-state index contributed by atoms with van der Waals surface area (Å²) in [6.07, 6.45) is 1.64. The number of hydrogen-bond donors (Lipinski definition) is 1. The zero-order chi connectivity index (χ0) is 12.1. The quantitative estimate of drug-likeness (QED) is 0.869. The molecule has 0 unspecified atom stereocenters. The van der Waals surface area contributed by atoms with Gasteiger partial charge in [0.1, 0.15) is 0 Å². The van der Waals surface area contributed by atoms with Crippen LogP contribution in [0, 0.1) is 0 Å². The van der Waals surface area contributed by atoms with Gasteiger partial charge in [0.2, 0.25) is 10.0 Å². The van der Waals surface area contributed by atoms with Crippen molar-refractivity contribution >= 4 is 16.1 Å². The first-order valence-electron chi connectivity index (χ1n) is 5.62. The van der Waals surface area contributed by atoms with Crippen molar-refractivity contribution in [2.45, 2.75) is 0 Å². The van der Waals surface area contributed by atoms with Crippen LogP contribution in [0.5, 0.6) is 0 Å². The summed E-state index contributed by atoms with van der Waals surface area (Å²) in [6, 6.07) is 9.43. The molecule has 1 aromatic rings. The predicted molar refractivity (Wildman–Crippen MR) is 68.8 cm³/mol. The Morgan fingerprint density at radius 2 is 1.76 bits per heavy atom. The Labute approximate surface area is 102 Å². The molecule has 1 aliphatic heterocycles. The average Bonchev–Trinajstić information content (AvgIpc) is 2.39. The van der Waals surface area contributed by atoms with Crippen LogP contribution in [0.25, 0.3) is 6.08 Å². The summed E-state index contributed by atoms with van der Waals surface area (Å²) < 4.78 is 25.4. The Kier molecular flexibility index (Phi) is 3.93. The molecule has 1 aromatic carbocycles. The molecule has 1 N–H and O–H groups in total. The SMILES string of the molecule is O=S(=O)(/C=C/c1ccccc1)N1CCNCC1. The fraction of sp³-hybridized carbons (Fsp3) is 0.333. The molecule has 17 heavy (non-hydrogen) atoms. The van der Waals surface area contributed by atoms with Crippen LogP contribution in [0.15, 0.2) is 35.7 Å². The number of nitrogens with zero attached hydrogens (tertiary/aromatic N) is 1. The number of nitrogens with one attached hydrogen (secondary N) is 1. The number of piperazine rings is 1. The fourth-order valence-electron chi connectivity index (χ4n) is 1.71. The molecule has 0 amide bonds. The van der Waals surface area contributed by atoms with Gasteiger partial charge in [-0.1, -0.05) is 30.3 Å². The van der Waals surface area contributed by atoms with E-state index in [9.17, 15) is 8.42 Å². The maximum absolute atomic E-state index is 12.0. The molecule has 0 bridgehead atoms. The van der Waals surface area contributed by atoms with Gasteiger partial charge in [-0.25, -0.2) is 8.42 Å². The molecule has 0 aromatic heterocycles. The molecule has 2 rings (SSSR count). The van der Waals surface area contributed by atoms with E-state index in [-0.39, 0.29) is 0 Å². The molecule has 5 heteroatoms. The van der Waals surface area contributed by atoms with Gasteiger partial charge in [0, 0.05) is 31.6 Å². The highest BCUT2D eigenvalue weighted by Gasteiger charge is 2.20. The molecule has 4 nitrogen and oxygen atoms in total. The monoisotopic (exact) mass is 252 g/mol. The van der Waals surface area contributed by atoms with Crippen LogP contribution >= 0.6 is 0 Å². The molecule has 1 heterocycles. The van der Waals surface area contributed by atoms with Crippen LogP contribution in [0.2, 0.25) is 0 Å². The van der Waals surface area contributed by atoms with Gasteiger partial charge < -0.3 is 5.32 Å². The van der Waals surface area contributed by atoms with Gasteiger partial charge in [-0.2, -0.15) is 4.31 Å². The van der Waals surface area contributed by atoms with Crippen molar-refractivity contribution in [3.8, 4) is 0 Å². The summed E-state index contributed by atoms with van der Waals surface area (Å²) in [7, 11) is -3.27. The molecule has 0 atom stereocenters. The third-order valence-electron chi connectivity index (χ3n) is 2.67. The lowest BCUT2D eigenvalue weighted by Crippen LogP contribution is -2.45. The molecule has 0 aliphatic carbocycles. The van der Waals surface area contributed by atoms with Crippen LogP contribution < -0.4 is 5.32 Å². The Morgan fingerprint density at radius 3 is 2.41 bits per heavy atom. The highest BCUT2D eigenvalue weighted by atomic mass is 32.2. The minimum atomic E-state index is -3.27. The molecular weight excluding hydrogens is 236 g/mol. The van der Waals surface area contributed by atoms with Crippen molar-refractivity contribution in [3.05, 3.63) is 41.3 Å². The third kappa shape index (κ3) is 3.39. The van der Waals surface area contributed by atoms with Crippen molar-refractivity contribution < 1.29 is 8.42 Å². The van der Waals surface area contributed by atoms with Crippen molar-refractivity contribution in [2.75, 3.05) is 26.2 Å². The van der Waals surface area contributed by atoms with E-state index < -0.39 is 10.0 Å². The van der Waals surface area contributed by atoms with Crippen molar-refractivity contribution in [1.82, 2.24) is 9.62 Å². The lowest BCUT2D eigenvalue weighted by molar-refractivity contribution is 0.364. The Hall–Kier alpha value is -1.17. The molecule has 0 spiro atoms. The standard InChI is InChI=1S/C12H16N2O2S/c15-17(16,14-9-7-13-8-10-14)11-6-12-4-2-1-3-5-12/h1-6,11,13H,7-10H2/b11-6+. The Bertz CT molecular complexity index is 476. The Balaban J connectivity index is 2.09. The van der Waals surface area contributed by atoms with Gasteiger partial charge >= 0.3 is 0 Å². The molecule has 1 fully saturated rings. The van der Waals surface area contributed by atoms with E-state index >= 15 is 0 Å². The van der Waals surface area contributed by atoms with E-state index in [1.807, 2.05) is 30.3 Å². The van der Waals surface area contributed by atoms with E-state index in [0.717, 1.165) is 18.7 Å². The molecule has 1 aliphatic rings. The highest BCUT2D eigenvalue weighted by Crippen LogP contribution is 2.08. The second-order valence-electron chi connectivity index (χ2n) is 3.91. The van der Waals surface area contributed by atoms with Crippen molar-refractivity contribution in [2.24, 2.45) is 0 Å². The summed E-state index contributed by atoms with van der Waals surface area (Å²) in [5.41, 5.74) is 0.895. The van der Waals surface area contributed by atoms with Crippen molar-refractivity contribution in [1.29, 1.82) is 0 Å².